The number of fused-ring (bicyclic) bond motifs is 3. The number of rotatable bonds is 12. The van der Waals surface area contributed by atoms with Crippen molar-refractivity contribution in [2.75, 3.05) is 0 Å². The standard InChI is InChI=1S/C25H35NO/c1-2-3-4-5-6-7-8-9-10-11-14-21-20(19-27)17-18-23-22-15-12-13-16-24(22)26-25(21)23/h12-13,15-18,26-27H,2-11,14,19H2,1H3. The molecule has 0 spiro atoms. The lowest BCUT2D eigenvalue weighted by Gasteiger charge is -2.09. The molecule has 0 aliphatic rings. The van der Waals surface area contributed by atoms with Crippen LogP contribution in [0.25, 0.3) is 21.8 Å². The fraction of sp³-hybridized carbons (Fsp3) is 0.520. The van der Waals surface area contributed by atoms with Crippen LogP contribution in [0.1, 0.15) is 82.3 Å². The first-order valence-electron chi connectivity index (χ1n) is 11.0. The van der Waals surface area contributed by atoms with Crippen LogP contribution in [0, 0.1) is 0 Å². The second-order valence-corrected chi connectivity index (χ2v) is 7.89. The number of benzene rings is 2. The summed E-state index contributed by atoms with van der Waals surface area (Å²) in [6.45, 7) is 2.40. The summed E-state index contributed by atoms with van der Waals surface area (Å²) in [7, 11) is 0. The van der Waals surface area contributed by atoms with Crippen molar-refractivity contribution in [3.63, 3.8) is 0 Å². The van der Waals surface area contributed by atoms with Gasteiger partial charge in [-0.2, -0.15) is 0 Å². The van der Waals surface area contributed by atoms with Crippen LogP contribution in [0.15, 0.2) is 36.4 Å². The summed E-state index contributed by atoms with van der Waals surface area (Å²) in [5.41, 5.74) is 4.79. The van der Waals surface area contributed by atoms with Crippen LogP contribution in [-0.4, -0.2) is 10.1 Å². The van der Waals surface area contributed by atoms with Crippen molar-refractivity contribution in [1.82, 2.24) is 4.98 Å². The van der Waals surface area contributed by atoms with Gasteiger partial charge in [0.25, 0.3) is 0 Å². The number of unbranched alkanes of at least 4 members (excludes halogenated alkanes) is 9. The summed E-state index contributed by atoms with van der Waals surface area (Å²) < 4.78 is 0. The molecular formula is C25H35NO. The minimum atomic E-state index is 0.123. The number of aliphatic hydroxyl groups is 1. The van der Waals surface area contributed by atoms with E-state index in [0.29, 0.717) is 0 Å². The van der Waals surface area contributed by atoms with Crippen molar-refractivity contribution in [1.29, 1.82) is 0 Å². The molecule has 3 aromatic rings. The van der Waals surface area contributed by atoms with Crippen molar-refractivity contribution >= 4 is 21.8 Å². The van der Waals surface area contributed by atoms with E-state index in [0.717, 1.165) is 12.0 Å². The second kappa shape index (κ2) is 10.5. The minimum Gasteiger partial charge on any atom is -0.392 e. The Bertz CT molecular complexity index is 833. The average molecular weight is 366 g/mol. The molecule has 0 aliphatic heterocycles. The van der Waals surface area contributed by atoms with Crippen molar-refractivity contribution in [2.24, 2.45) is 0 Å². The number of aryl methyl sites for hydroxylation is 1. The first kappa shape index (κ1) is 19.9. The lowest BCUT2D eigenvalue weighted by molar-refractivity contribution is 0.280. The third-order valence-corrected chi connectivity index (χ3v) is 5.84. The molecule has 0 amide bonds. The van der Waals surface area contributed by atoms with Crippen LogP contribution in [0.5, 0.6) is 0 Å². The highest BCUT2D eigenvalue weighted by molar-refractivity contribution is 6.08. The molecule has 0 fully saturated rings. The summed E-state index contributed by atoms with van der Waals surface area (Å²) in [5.74, 6) is 0. The quantitative estimate of drug-likeness (QED) is 0.325. The number of para-hydroxylation sites is 1. The zero-order valence-corrected chi connectivity index (χ0v) is 16.9. The van der Waals surface area contributed by atoms with E-state index in [-0.39, 0.29) is 6.61 Å². The summed E-state index contributed by atoms with van der Waals surface area (Å²) in [6.07, 6.45) is 14.6. The number of aromatic nitrogens is 1. The van der Waals surface area contributed by atoms with E-state index >= 15 is 0 Å². The summed E-state index contributed by atoms with van der Waals surface area (Å²) in [5, 5.41) is 12.4. The maximum Gasteiger partial charge on any atom is 0.0685 e. The number of nitrogens with one attached hydrogen (secondary N) is 1. The predicted molar refractivity (Wildman–Crippen MR) is 117 cm³/mol. The Morgan fingerprint density at radius 3 is 2.11 bits per heavy atom. The van der Waals surface area contributed by atoms with E-state index in [2.05, 4.69) is 48.3 Å². The first-order chi connectivity index (χ1) is 13.3. The van der Waals surface area contributed by atoms with Crippen LogP contribution in [0.2, 0.25) is 0 Å². The maximum atomic E-state index is 9.80. The third-order valence-electron chi connectivity index (χ3n) is 5.84. The molecule has 0 unspecified atom stereocenters. The lowest BCUT2D eigenvalue weighted by atomic mass is 9.97. The van der Waals surface area contributed by atoms with Gasteiger partial charge < -0.3 is 10.1 Å². The number of hydrogen-bond donors (Lipinski definition) is 2. The molecule has 0 saturated carbocycles. The van der Waals surface area contributed by atoms with E-state index in [1.807, 2.05) is 0 Å². The Balaban J connectivity index is 1.53. The average Bonchev–Trinajstić information content (AvgIpc) is 3.08. The van der Waals surface area contributed by atoms with Crippen molar-refractivity contribution < 1.29 is 5.11 Å². The fourth-order valence-corrected chi connectivity index (χ4v) is 4.24. The van der Waals surface area contributed by atoms with Crippen LogP contribution < -0.4 is 0 Å². The summed E-state index contributed by atoms with van der Waals surface area (Å²) >= 11 is 0. The van der Waals surface area contributed by atoms with Gasteiger partial charge in [-0.15, -0.1) is 0 Å². The van der Waals surface area contributed by atoms with Gasteiger partial charge in [0.1, 0.15) is 0 Å². The van der Waals surface area contributed by atoms with Gasteiger partial charge in [-0.05, 0) is 30.0 Å². The monoisotopic (exact) mass is 365 g/mol. The number of aromatic amines is 1. The van der Waals surface area contributed by atoms with Crippen LogP contribution in [0.3, 0.4) is 0 Å². The van der Waals surface area contributed by atoms with Crippen molar-refractivity contribution in [3.8, 4) is 0 Å². The smallest absolute Gasteiger partial charge is 0.0685 e. The van der Waals surface area contributed by atoms with Gasteiger partial charge in [0.05, 0.1) is 12.1 Å². The van der Waals surface area contributed by atoms with Gasteiger partial charge in [0.2, 0.25) is 0 Å². The predicted octanol–water partition coefficient (Wildman–Crippen LogP) is 7.28. The highest BCUT2D eigenvalue weighted by Gasteiger charge is 2.11. The summed E-state index contributed by atoms with van der Waals surface area (Å²) in [4.78, 5) is 3.60. The third kappa shape index (κ3) is 5.13. The van der Waals surface area contributed by atoms with Crippen molar-refractivity contribution in [3.05, 3.63) is 47.5 Å². The van der Waals surface area contributed by atoms with Gasteiger partial charge >= 0.3 is 0 Å². The van der Waals surface area contributed by atoms with Crippen LogP contribution >= 0.6 is 0 Å². The fourth-order valence-electron chi connectivity index (χ4n) is 4.24. The SMILES string of the molecule is CCCCCCCCCCCCc1c(CO)ccc2c1[nH]c1ccccc12. The molecule has 0 bridgehead atoms. The van der Waals surface area contributed by atoms with Crippen LogP contribution in [-0.2, 0) is 13.0 Å². The molecule has 0 radical (unpaired) electrons. The highest BCUT2D eigenvalue weighted by atomic mass is 16.3. The minimum absolute atomic E-state index is 0.123. The molecule has 2 nitrogen and oxygen atoms in total. The summed E-state index contributed by atoms with van der Waals surface area (Å²) in [6, 6.07) is 12.7. The lowest BCUT2D eigenvalue weighted by Crippen LogP contribution is -1.96. The van der Waals surface area contributed by atoms with E-state index in [1.165, 1.54) is 91.6 Å². The highest BCUT2D eigenvalue weighted by Crippen LogP contribution is 2.30. The van der Waals surface area contributed by atoms with Gasteiger partial charge in [-0.1, -0.05) is 95.0 Å². The molecule has 1 aromatic heterocycles. The Labute approximate surface area is 164 Å². The second-order valence-electron chi connectivity index (χ2n) is 7.89. The molecule has 0 saturated heterocycles. The number of H-pyrrole nitrogens is 1. The molecular weight excluding hydrogens is 330 g/mol. The zero-order chi connectivity index (χ0) is 18.9. The number of hydrogen-bond acceptors (Lipinski definition) is 1. The molecule has 1 heterocycles. The zero-order valence-electron chi connectivity index (χ0n) is 16.9. The van der Waals surface area contributed by atoms with Gasteiger partial charge in [0, 0.05) is 16.3 Å². The molecule has 0 aliphatic carbocycles. The normalized spacial score (nSPS) is 11.6. The Morgan fingerprint density at radius 1 is 0.741 bits per heavy atom. The molecule has 2 aromatic carbocycles. The van der Waals surface area contributed by atoms with E-state index < -0.39 is 0 Å². The molecule has 0 atom stereocenters. The van der Waals surface area contributed by atoms with Gasteiger partial charge in [-0.3, -0.25) is 0 Å². The topological polar surface area (TPSA) is 36.0 Å². The van der Waals surface area contributed by atoms with Crippen LogP contribution in [0.4, 0.5) is 0 Å². The largest absolute Gasteiger partial charge is 0.392 e. The number of aliphatic hydroxyl groups excluding tert-OH is 1. The Hall–Kier alpha value is -1.80. The molecule has 3 rings (SSSR count). The van der Waals surface area contributed by atoms with E-state index in [1.54, 1.807) is 0 Å². The van der Waals surface area contributed by atoms with Gasteiger partial charge in [-0.25, -0.2) is 0 Å². The molecule has 2 N–H and O–H groups in total. The Morgan fingerprint density at radius 2 is 1.41 bits per heavy atom. The maximum absolute atomic E-state index is 9.80. The molecule has 146 valence electrons. The van der Waals surface area contributed by atoms with E-state index in [4.69, 9.17) is 0 Å². The molecule has 27 heavy (non-hydrogen) atoms. The molecule has 2 heteroatoms. The first-order valence-corrected chi connectivity index (χ1v) is 11.0. The van der Waals surface area contributed by atoms with E-state index in [9.17, 15) is 5.11 Å². The Kier molecular flexibility index (Phi) is 7.77. The van der Waals surface area contributed by atoms with Gasteiger partial charge in [0.15, 0.2) is 0 Å². The van der Waals surface area contributed by atoms with Crippen molar-refractivity contribution in [2.45, 2.75) is 84.2 Å².